The Morgan fingerprint density at radius 3 is 2.14 bits per heavy atom. The van der Waals surface area contributed by atoms with E-state index in [2.05, 4.69) is 0 Å². The smallest absolute Gasteiger partial charge is 0.313 e. The minimum atomic E-state index is -0.988. The predicted molar refractivity (Wildman–Crippen MR) is 53.4 cm³/mol. The van der Waals surface area contributed by atoms with Gasteiger partial charge in [0.25, 0.3) is 0 Å². The second kappa shape index (κ2) is 4.24. The maximum absolute atomic E-state index is 10.8. The third-order valence-electron chi connectivity index (χ3n) is 2.13. The monoisotopic (exact) mass is 194 g/mol. The second-order valence-corrected chi connectivity index (χ2v) is 3.49. The number of aliphatic hydroxyl groups is 1. The van der Waals surface area contributed by atoms with Crippen LogP contribution < -0.4 is 0 Å². The van der Waals surface area contributed by atoms with Crippen molar-refractivity contribution in [3.63, 3.8) is 0 Å². The number of aliphatic carboxylic acids is 1. The van der Waals surface area contributed by atoms with Crippen LogP contribution in [0.2, 0.25) is 0 Å². The van der Waals surface area contributed by atoms with Gasteiger partial charge in [-0.2, -0.15) is 0 Å². The van der Waals surface area contributed by atoms with E-state index >= 15 is 0 Å². The third-order valence-corrected chi connectivity index (χ3v) is 2.13. The molecule has 0 radical (unpaired) electrons. The number of hydrogen-bond acceptors (Lipinski definition) is 2. The third kappa shape index (κ3) is 2.33. The number of benzene rings is 1. The highest BCUT2D eigenvalue weighted by Crippen LogP contribution is 2.18. The average Bonchev–Trinajstić information content (AvgIpc) is 2.02. The van der Waals surface area contributed by atoms with Crippen molar-refractivity contribution in [1.29, 1.82) is 0 Å². The Hall–Kier alpha value is -1.35. The van der Waals surface area contributed by atoms with Crippen LogP contribution in [0.5, 0.6) is 0 Å². The first-order valence-corrected chi connectivity index (χ1v) is 4.46. The van der Waals surface area contributed by atoms with Crippen molar-refractivity contribution in [2.45, 2.75) is 19.8 Å². The molecule has 3 heteroatoms. The molecule has 0 aliphatic carbocycles. The van der Waals surface area contributed by atoms with Crippen LogP contribution >= 0.6 is 0 Å². The van der Waals surface area contributed by atoms with Crippen LogP contribution in [-0.2, 0) is 4.79 Å². The van der Waals surface area contributed by atoms with Gasteiger partial charge < -0.3 is 10.2 Å². The fourth-order valence-corrected chi connectivity index (χ4v) is 1.54. The molecule has 1 rings (SSSR count). The fourth-order valence-electron chi connectivity index (χ4n) is 1.54. The van der Waals surface area contributed by atoms with E-state index in [0.717, 1.165) is 11.1 Å². The molecule has 3 nitrogen and oxygen atoms in total. The summed E-state index contributed by atoms with van der Waals surface area (Å²) in [5.41, 5.74) is 2.69. The molecular weight excluding hydrogens is 180 g/mol. The summed E-state index contributed by atoms with van der Waals surface area (Å²) in [6.45, 7) is 3.46. The van der Waals surface area contributed by atoms with E-state index in [9.17, 15) is 4.79 Å². The van der Waals surface area contributed by atoms with Crippen molar-refractivity contribution >= 4 is 5.97 Å². The van der Waals surface area contributed by atoms with E-state index in [-0.39, 0.29) is 6.61 Å². The lowest BCUT2D eigenvalue weighted by molar-refractivity contribution is -0.139. The molecule has 0 spiro atoms. The van der Waals surface area contributed by atoms with Crippen molar-refractivity contribution < 1.29 is 15.0 Å². The molecule has 0 heterocycles. The van der Waals surface area contributed by atoms with Crippen molar-refractivity contribution in [3.05, 3.63) is 34.9 Å². The molecule has 1 atom stereocenters. The molecule has 0 unspecified atom stereocenters. The first-order valence-electron chi connectivity index (χ1n) is 4.46. The van der Waals surface area contributed by atoms with Crippen LogP contribution in [0, 0.1) is 13.8 Å². The van der Waals surface area contributed by atoms with Gasteiger partial charge in [0.15, 0.2) is 0 Å². The molecule has 1 aromatic carbocycles. The maximum atomic E-state index is 10.8. The highest BCUT2D eigenvalue weighted by Gasteiger charge is 2.18. The summed E-state index contributed by atoms with van der Waals surface area (Å²) in [6, 6.07) is 5.56. The summed E-state index contributed by atoms with van der Waals surface area (Å²) in [5, 5.41) is 17.8. The standard InChI is InChI=1S/C11H14O3/c1-7-3-8(2)5-9(4-7)10(6-12)11(13)14/h3-5,10,12H,6H2,1-2H3,(H,13,14)/t10-/m0/s1. The van der Waals surface area contributed by atoms with Crippen molar-refractivity contribution in [2.75, 3.05) is 6.61 Å². The molecule has 0 saturated carbocycles. The van der Waals surface area contributed by atoms with Crippen LogP contribution in [0.4, 0.5) is 0 Å². The molecule has 0 saturated heterocycles. The van der Waals surface area contributed by atoms with E-state index in [0.29, 0.717) is 5.56 Å². The van der Waals surface area contributed by atoms with E-state index in [1.165, 1.54) is 0 Å². The van der Waals surface area contributed by atoms with Crippen LogP contribution in [0.1, 0.15) is 22.6 Å². The number of carbonyl (C=O) groups is 1. The molecule has 0 aliphatic heterocycles. The van der Waals surface area contributed by atoms with Gasteiger partial charge in [0.2, 0.25) is 0 Å². The molecule has 2 N–H and O–H groups in total. The summed E-state index contributed by atoms with van der Waals surface area (Å²) in [5.74, 6) is -1.80. The van der Waals surface area contributed by atoms with Gasteiger partial charge in [-0.25, -0.2) is 0 Å². The summed E-state index contributed by atoms with van der Waals surface area (Å²) in [7, 11) is 0. The summed E-state index contributed by atoms with van der Waals surface area (Å²) in [6.07, 6.45) is 0. The molecule has 0 aliphatic rings. The number of carboxylic acid groups (broad SMARTS) is 1. The lowest BCUT2D eigenvalue weighted by Crippen LogP contribution is -2.15. The topological polar surface area (TPSA) is 57.5 Å². The normalized spacial score (nSPS) is 12.5. The predicted octanol–water partition coefficient (Wildman–Crippen LogP) is 1.46. The van der Waals surface area contributed by atoms with E-state index in [1.807, 2.05) is 19.9 Å². The lowest BCUT2D eigenvalue weighted by Gasteiger charge is -2.11. The van der Waals surface area contributed by atoms with Crippen molar-refractivity contribution in [1.82, 2.24) is 0 Å². The Labute approximate surface area is 83.0 Å². The van der Waals surface area contributed by atoms with E-state index in [4.69, 9.17) is 10.2 Å². The zero-order valence-corrected chi connectivity index (χ0v) is 8.32. The number of carboxylic acids is 1. The Balaban J connectivity index is 3.10. The van der Waals surface area contributed by atoms with Gasteiger partial charge in [-0.1, -0.05) is 29.3 Å². The van der Waals surface area contributed by atoms with Crippen molar-refractivity contribution in [2.24, 2.45) is 0 Å². The van der Waals surface area contributed by atoms with Gasteiger partial charge in [0.05, 0.1) is 6.61 Å². The summed E-state index contributed by atoms with van der Waals surface area (Å²) >= 11 is 0. The zero-order valence-electron chi connectivity index (χ0n) is 8.32. The first kappa shape index (κ1) is 10.7. The second-order valence-electron chi connectivity index (χ2n) is 3.49. The number of aryl methyl sites for hydroxylation is 2. The van der Waals surface area contributed by atoms with Gasteiger partial charge in [0, 0.05) is 0 Å². The SMILES string of the molecule is Cc1cc(C)cc([C@H](CO)C(=O)O)c1. The van der Waals surface area contributed by atoms with Gasteiger partial charge in [-0.3, -0.25) is 4.79 Å². The lowest BCUT2D eigenvalue weighted by atomic mass is 9.96. The Kier molecular flexibility index (Phi) is 3.25. The minimum Gasteiger partial charge on any atom is -0.481 e. The van der Waals surface area contributed by atoms with Crippen LogP contribution in [0.3, 0.4) is 0 Å². The molecular formula is C11H14O3. The van der Waals surface area contributed by atoms with Gasteiger partial charge in [-0.15, -0.1) is 0 Å². The minimum absolute atomic E-state index is 0.363. The number of rotatable bonds is 3. The molecule has 0 bridgehead atoms. The zero-order chi connectivity index (χ0) is 10.7. The van der Waals surface area contributed by atoms with E-state index < -0.39 is 11.9 Å². The average molecular weight is 194 g/mol. The summed E-state index contributed by atoms with van der Waals surface area (Å²) in [4.78, 5) is 10.8. The highest BCUT2D eigenvalue weighted by molar-refractivity contribution is 5.76. The van der Waals surface area contributed by atoms with Crippen LogP contribution in [0.25, 0.3) is 0 Å². The van der Waals surface area contributed by atoms with Gasteiger partial charge in [-0.05, 0) is 19.4 Å². The van der Waals surface area contributed by atoms with Crippen LogP contribution in [0.15, 0.2) is 18.2 Å². The largest absolute Gasteiger partial charge is 0.481 e. The molecule has 0 amide bonds. The first-order chi connectivity index (χ1) is 6.54. The van der Waals surface area contributed by atoms with Gasteiger partial charge >= 0.3 is 5.97 Å². The van der Waals surface area contributed by atoms with Crippen LogP contribution in [-0.4, -0.2) is 22.8 Å². The maximum Gasteiger partial charge on any atom is 0.313 e. The number of aliphatic hydroxyl groups excluding tert-OH is 1. The molecule has 1 aromatic rings. The molecule has 14 heavy (non-hydrogen) atoms. The highest BCUT2D eigenvalue weighted by atomic mass is 16.4. The Bertz CT molecular complexity index is 324. The van der Waals surface area contributed by atoms with Crippen molar-refractivity contribution in [3.8, 4) is 0 Å². The Morgan fingerprint density at radius 2 is 1.79 bits per heavy atom. The molecule has 0 aromatic heterocycles. The summed E-state index contributed by atoms with van der Waals surface area (Å²) < 4.78 is 0. The molecule has 76 valence electrons. The molecule has 0 fully saturated rings. The van der Waals surface area contributed by atoms with E-state index in [1.54, 1.807) is 12.1 Å². The number of hydrogen-bond donors (Lipinski definition) is 2. The fraction of sp³-hybridized carbons (Fsp3) is 0.364. The Morgan fingerprint density at radius 1 is 1.29 bits per heavy atom. The van der Waals surface area contributed by atoms with Gasteiger partial charge in [0.1, 0.15) is 5.92 Å². The quantitative estimate of drug-likeness (QED) is 0.766.